The maximum Gasteiger partial charge on any atom is 0.134 e. The molecule has 2 rings (SSSR count). The van der Waals surface area contributed by atoms with Crippen LogP contribution in [0.3, 0.4) is 0 Å². The van der Waals surface area contributed by atoms with Crippen molar-refractivity contribution in [2.24, 2.45) is 0 Å². The number of nitrogens with zero attached hydrogens (tertiary/aromatic N) is 1. The second-order valence-corrected chi connectivity index (χ2v) is 5.68. The molecule has 114 valence electrons. The Morgan fingerprint density at radius 1 is 1.14 bits per heavy atom. The van der Waals surface area contributed by atoms with E-state index >= 15 is 0 Å². The van der Waals surface area contributed by atoms with E-state index in [0.29, 0.717) is 19.7 Å². The molecular weight excluding hydrogens is 334 g/mol. The van der Waals surface area contributed by atoms with E-state index in [1.54, 1.807) is 7.11 Å². The van der Waals surface area contributed by atoms with Crippen LogP contribution in [-0.2, 0) is 11.3 Å². The number of furan rings is 1. The number of halogens is 1. The van der Waals surface area contributed by atoms with Gasteiger partial charge in [0.1, 0.15) is 11.5 Å². The van der Waals surface area contributed by atoms with Gasteiger partial charge < -0.3 is 14.3 Å². The van der Waals surface area contributed by atoms with Crippen molar-refractivity contribution >= 4 is 15.9 Å². The van der Waals surface area contributed by atoms with E-state index in [1.807, 2.05) is 36.4 Å². The molecule has 0 amide bonds. The van der Waals surface area contributed by atoms with E-state index in [0.717, 1.165) is 28.1 Å². The third-order valence-corrected chi connectivity index (χ3v) is 3.73. The summed E-state index contributed by atoms with van der Waals surface area (Å²) >= 11 is 3.42. The van der Waals surface area contributed by atoms with E-state index in [4.69, 9.17) is 14.3 Å². The molecule has 0 radical (unpaired) electrons. The number of methoxy groups -OCH3 is 1. The first-order valence-corrected chi connectivity index (χ1v) is 7.69. The highest BCUT2D eigenvalue weighted by Crippen LogP contribution is 2.24. The van der Waals surface area contributed by atoms with Crippen LogP contribution in [0.2, 0.25) is 0 Å². The quantitative estimate of drug-likeness (QED) is 0.791. The van der Waals surface area contributed by atoms with Gasteiger partial charge in [-0.2, -0.15) is 0 Å². The van der Waals surface area contributed by atoms with Crippen LogP contribution in [0.4, 0.5) is 0 Å². The Kier molecular flexibility index (Phi) is 6.45. The van der Waals surface area contributed by atoms with Crippen molar-refractivity contribution in [2.75, 3.05) is 33.4 Å². The molecule has 0 spiro atoms. The number of aliphatic hydroxyl groups is 1. The first-order valence-electron chi connectivity index (χ1n) is 6.89. The first kappa shape index (κ1) is 16.2. The lowest BCUT2D eigenvalue weighted by Crippen LogP contribution is -2.29. The van der Waals surface area contributed by atoms with E-state index < -0.39 is 0 Å². The maximum atomic E-state index is 9.11. The zero-order chi connectivity index (χ0) is 15.1. The third-order valence-electron chi connectivity index (χ3n) is 3.20. The lowest BCUT2D eigenvalue weighted by atomic mass is 10.2. The molecule has 1 aromatic heterocycles. The Morgan fingerprint density at radius 3 is 2.57 bits per heavy atom. The Bertz CT molecular complexity index is 539. The first-order chi connectivity index (χ1) is 10.2. The van der Waals surface area contributed by atoms with Gasteiger partial charge >= 0.3 is 0 Å². The fraction of sp³-hybridized carbons (Fsp3) is 0.375. The van der Waals surface area contributed by atoms with E-state index in [-0.39, 0.29) is 6.61 Å². The fourth-order valence-electron chi connectivity index (χ4n) is 2.08. The molecule has 5 heteroatoms. The van der Waals surface area contributed by atoms with Gasteiger partial charge in [0.25, 0.3) is 0 Å². The Morgan fingerprint density at radius 2 is 1.90 bits per heavy atom. The molecule has 0 saturated carbocycles. The van der Waals surface area contributed by atoms with Crippen molar-refractivity contribution in [3.05, 3.63) is 46.6 Å². The van der Waals surface area contributed by atoms with Crippen molar-refractivity contribution in [1.29, 1.82) is 0 Å². The molecular formula is C16H20BrNO3. The van der Waals surface area contributed by atoms with Gasteiger partial charge in [-0.15, -0.1) is 0 Å². The normalized spacial score (nSPS) is 11.2. The maximum absolute atomic E-state index is 9.11. The number of ether oxygens (including phenoxy) is 1. The summed E-state index contributed by atoms with van der Waals surface area (Å²) in [5.74, 6) is 1.74. The average molecular weight is 354 g/mol. The van der Waals surface area contributed by atoms with E-state index in [2.05, 4.69) is 20.8 Å². The second-order valence-electron chi connectivity index (χ2n) is 4.77. The van der Waals surface area contributed by atoms with Crippen molar-refractivity contribution in [2.45, 2.75) is 6.54 Å². The van der Waals surface area contributed by atoms with Gasteiger partial charge in [0.05, 0.1) is 19.8 Å². The molecule has 1 heterocycles. The summed E-state index contributed by atoms with van der Waals surface area (Å²) < 4.78 is 12.0. The standard InChI is InChI=1S/C16H20BrNO3/c1-20-11-9-18(8-10-19)12-15-6-7-16(21-15)13-2-4-14(17)5-3-13/h2-7,19H,8-12H2,1H3. The van der Waals surface area contributed by atoms with E-state index in [1.165, 1.54) is 0 Å². The Labute approximate surface area is 133 Å². The second kappa shape index (κ2) is 8.34. The number of hydrogen-bond donors (Lipinski definition) is 1. The number of hydrogen-bond acceptors (Lipinski definition) is 4. The minimum absolute atomic E-state index is 0.129. The average Bonchev–Trinajstić information content (AvgIpc) is 2.94. The van der Waals surface area contributed by atoms with Gasteiger partial charge in [-0.1, -0.05) is 28.1 Å². The van der Waals surface area contributed by atoms with E-state index in [9.17, 15) is 0 Å². The van der Waals surface area contributed by atoms with Crippen molar-refractivity contribution in [1.82, 2.24) is 4.90 Å². The van der Waals surface area contributed by atoms with Gasteiger partial charge in [-0.05, 0) is 24.3 Å². The van der Waals surface area contributed by atoms with Gasteiger partial charge in [-0.25, -0.2) is 0 Å². The van der Waals surface area contributed by atoms with Gasteiger partial charge in [-0.3, -0.25) is 4.90 Å². The summed E-state index contributed by atoms with van der Waals surface area (Å²) in [6, 6.07) is 12.0. The van der Waals surface area contributed by atoms with Crippen LogP contribution >= 0.6 is 15.9 Å². The van der Waals surface area contributed by atoms with Crippen LogP contribution in [0.25, 0.3) is 11.3 Å². The number of benzene rings is 1. The molecule has 0 bridgehead atoms. The molecule has 4 nitrogen and oxygen atoms in total. The predicted molar refractivity (Wildman–Crippen MR) is 86.1 cm³/mol. The molecule has 0 fully saturated rings. The minimum atomic E-state index is 0.129. The predicted octanol–water partition coefficient (Wildman–Crippen LogP) is 3.15. The molecule has 0 aliphatic carbocycles. The van der Waals surface area contributed by atoms with Gasteiger partial charge in [0, 0.05) is 30.2 Å². The Balaban J connectivity index is 2.02. The zero-order valence-electron chi connectivity index (χ0n) is 12.1. The fourth-order valence-corrected chi connectivity index (χ4v) is 2.35. The smallest absolute Gasteiger partial charge is 0.134 e. The molecule has 1 aromatic carbocycles. The summed E-state index contributed by atoms with van der Waals surface area (Å²) in [7, 11) is 1.68. The Hall–Kier alpha value is -1.14. The van der Waals surface area contributed by atoms with Crippen LogP contribution in [0.15, 0.2) is 45.3 Å². The highest BCUT2D eigenvalue weighted by Gasteiger charge is 2.10. The third kappa shape index (κ3) is 4.97. The summed E-state index contributed by atoms with van der Waals surface area (Å²) in [6.45, 7) is 2.81. The minimum Gasteiger partial charge on any atom is -0.460 e. The van der Waals surface area contributed by atoms with Crippen LogP contribution in [0.1, 0.15) is 5.76 Å². The summed E-state index contributed by atoms with van der Waals surface area (Å²) in [5.41, 5.74) is 1.05. The monoisotopic (exact) mass is 353 g/mol. The SMILES string of the molecule is COCCN(CCO)Cc1ccc(-c2ccc(Br)cc2)o1. The number of rotatable bonds is 8. The summed E-state index contributed by atoms with van der Waals surface area (Å²) in [6.07, 6.45) is 0. The van der Waals surface area contributed by atoms with Crippen LogP contribution < -0.4 is 0 Å². The highest BCUT2D eigenvalue weighted by atomic mass is 79.9. The number of aliphatic hydroxyl groups excluding tert-OH is 1. The van der Waals surface area contributed by atoms with Crippen molar-refractivity contribution in [3.63, 3.8) is 0 Å². The largest absolute Gasteiger partial charge is 0.460 e. The van der Waals surface area contributed by atoms with Crippen LogP contribution in [0, 0.1) is 0 Å². The summed E-state index contributed by atoms with van der Waals surface area (Å²) in [4.78, 5) is 2.10. The van der Waals surface area contributed by atoms with Gasteiger partial charge in [0.15, 0.2) is 0 Å². The van der Waals surface area contributed by atoms with Crippen molar-refractivity contribution < 1.29 is 14.3 Å². The molecule has 21 heavy (non-hydrogen) atoms. The molecule has 0 atom stereocenters. The zero-order valence-corrected chi connectivity index (χ0v) is 13.7. The van der Waals surface area contributed by atoms with Crippen LogP contribution in [0.5, 0.6) is 0 Å². The lowest BCUT2D eigenvalue weighted by Gasteiger charge is -2.19. The summed E-state index contributed by atoms with van der Waals surface area (Å²) in [5, 5.41) is 9.11. The molecule has 2 aromatic rings. The lowest BCUT2D eigenvalue weighted by molar-refractivity contribution is 0.122. The molecule has 0 saturated heterocycles. The van der Waals surface area contributed by atoms with Crippen molar-refractivity contribution in [3.8, 4) is 11.3 Å². The van der Waals surface area contributed by atoms with Crippen LogP contribution in [-0.4, -0.2) is 43.4 Å². The highest BCUT2D eigenvalue weighted by molar-refractivity contribution is 9.10. The molecule has 0 unspecified atom stereocenters. The molecule has 1 N–H and O–H groups in total. The molecule has 0 aliphatic rings. The molecule has 0 aliphatic heterocycles. The van der Waals surface area contributed by atoms with Gasteiger partial charge in [0.2, 0.25) is 0 Å². The topological polar surface area (TPSA) is 45.8 Å².